The maximum atomic E-state index is 12.4. The predicted molar refractivity (Wildman–Crippen MR) is 111 cm³/mol. The molecular formula is C21H24N2O3S. The Kier molecular flexibility index (Phi) is 6.65. The van der Waals surface area contributed by atoms with Crippen LogP contribution in [0.4, 0.5) is 5.69 Å². The first-order valence-electron chi connectivity index (χ1n) is 9.27. The van der Waals surface area contributed by atoms with Crippen molar-refractivity contribution in [2.45, 2.75) is 26.2 Å². The zero-order valence-corrected chi connectivity index (χ0v) is 16.3. The summed E-state index contributed by atoms with van der Waals surface area (Å²) in [5.74, 6) is 1.24. The van der Waals surface area contributed by atoms with Crippen LogP contribution in [-0.2, 0) is 0 Å². The second-order valence-corrected chi connectivity index (χ2v) is 6.70. The third-order valence-electron chi connectivity index (χ3n) is 4.36. The van der Waals surface area contributed by atoms with E-state index in [-0.39, 0.29) is 5.91 Å². The summed E-state index contributed by atoms with van der Waals surface area (Å²) < 4.78 is 11.2. The molecule has 0 spiro atoms. The molecule has 0 unspecified atom stereocenters. The van der Waals surface area contributed by atoms with Crippen LogP contribution in [0.2, 0.25) is 0 Å². The summed E-state index contributed by atoms with van der Waals surface area (Å²) in [7, 11) is 0. The first kappa shape index (κ1) is 19.2. The molecule has 0 aliphatic carbocycles. The van der Waals surface area contributed by atoms with Crippen molar-refractivity contribution in [3.8, 4) is 11.5 Å². The molecule has 1 saturated heterocycles. The Balaban J connectivity index is 1.55. The van der Waals surface area contributed by atoms with Crippen LogP contribution in [0.1, 0.15) is 36.5 Å². The van der Waals surface area contributed by atoms with Crippen molar-refractivity contribution >= 4 is 29.0 Å². The van der Waals surface area contributed by atoms with Gasteiger partial charge in [-0.2, -0.15) is 0 Å². The Bertz CT molecular complexity index is 769. The average molecular weight is 385 g/mol. The number of thiocarbonyl (C=S) groups is 1. The molecular weight excluding hydrogens is 360 g/mol. The zero-order valence-electron chi connectivity index (χ0n) is 15.4. The Morgan fingerprint density at radius 1 is 1.00 bits per heavy atom. The number of carbonyl (C=O) groups is 1. The number of rotatable bonds is 5. The summed E-state index contributed by atoms with van der Waals surface area (Å²) in [6, 6.07) is 14.3. The number of benzene rings is 2. The number of nitrogens with one attached hydrogen (secondary N) is 1. The van der Waals surface area contributed by atoms with Gasteiger partial charge in [-0.25, -0.2) is 0 Å². The van der Waals surface area contributed by atoms with Gasteiger partial charge in [-0.05, 0) is 86.9 Å². The van der Waals surface area contributed by atoms with Gasteiger partial charge in [0.2, 0.25) is 0 Å². The van der Waals surface area contributed by atoms with Crippen LogP contribution in [0.3, 0.4) is 0 Å². The fourth-order valence-corrected chi connectivity index (χ4v) is 3.20. The summed E-state index contributed by atoms with van der Waals surface area (Å²) in [5.41, 5.74) is 1.27. The molecule has 2 aromatic carbocycles. The highest BCUT2D eigenvalue weighted by Crippen LogP contribution is 2.19. The van der Waals surface area contributed by atoms with E-state index in [1.807, 2.05) is 31.2 Å². The van der Waals surface area contributed by atoms with Gasteiger partial charge in [-0.15, -0.1) is 0 Å². The number of nitrogens with zero attached hydrogens (tertiary/aromatic N) is 1. The second-order valence-electron chi connectivity index (χ2n) is 6.35. The van der Waals surface area contributed by atoms with Crippen LogP contribution in [0.5, 0.6) is 11.5 Å². The molecule has 0 aromatic heterocycles. The molecule has 1 fully saturated rings. The third kappa shape index (κ3) is 5.44. The number of piperidine rings is 1. The van der Waals surface area contributed by atoms with Crippen molar-refractivity contribution in [3.63, 3.8) is 0 Å². The molecule has 142 valence electrons. The molecule has 27 heavy (non-hydrogen) atoms. The fraction of sp³-hybridized carbons (Fsp3) is 0.333. The molecule has 1 aliphatic rings. The maximum absolute atomic E-state index is 12.4. The van der Waals surface area contributed by atoms with Gasteiger partial charge in [0, 0.05) is 24.3 Å². The molecule has 5 nitrogen and oxygen atoms in total. The molecule has 0 bridgehead atoms. The Hall–Kier alpha value is -2.60. The van der Waals surface area contributed by atoms with Crippen LogP contribution >= 0.6 is 12.2 Å². The lowest BCUT2D eigenvalue weighted by Crippen LogP contribution is -2.37. The number of amides is 1. The summed E-state index contributed by atoms with van der Waals surface area (Å²) in [6.07, 6.45) is 3.54. The lowest BCUT2D eigenvalue weighted by Gasteiger charge is -2.28. The van der Waals surface area contributed by atoms with E-state index in [1.54, 1.807) is 24.3 Å². The molecule has 1 heterocycles. The lowest BCUT2D eigenvalue weighted by atomic mass is 10.1. The average Bonchev–Trinajstić information content (AvgIpc) is 2.71. The van der Waals surface area contributed by atoms with E-state index in [1.165, 1.54) is 6.42 Å². The molecule has 2 aromatic rings. The highest BCUT2D eigenvalue weighted by atomic mass is 32.1. The van der Waals surface area contributed by atoms with Crippen molar-refractivity contribution < 1.29 is 14.3 Å². The van der Waals surface area contributed by atoms with E-state index in [2.05, 4.69) is 10.2 Å². The number of likely N-dealkylation sites (tertiary alicyclic amines) is 1. The van der Waals surface area contributed by atoms with Gasteiger partial charge in [0.1, 0.15) is 11.5 Å². The van der Waals surface area contributed by atoms with Crippen molar-refractivity contribution in [1.82, 2.24) is 4.90 Å². The largest absolute Gasteiger partial charge is 0.494 e. The number of carbonyl (C=O) groups excluding carboxylic acids is 1. The molecule has 3 rings (SSSR count). The Morgan fingerprint density at radius 2 is 1.63 bits per heavy atom. The standard InChI is InChI=1S/C21H24N2O3S/c1-2-25-18-12-8-17(9-13-18)22-20(24)16-6-10-19(11-7-16)26-21(27)23-14-4-3-5-15-23/h6-13H,2-5,14-15H2,1H3,(H,22,24). The summed E-state index contributed by atoms with van der Waals surface area (Å²) in [6.45, 7) is 4.44. The molecule has 1 N–H and O–H groups in total. The molecule has 0 saturated carbocycles. The van der Waals surface area contributed by atoms with Gasteiger partial charge in [0.05, 0.1) is 6.61 Å². The van der Waals surface area contributed by atoms with E-state index in [4.69, 9.17) is 21.7 Å². The van der Waals surface area contributed by atoms with E-state index in [0.717, 1.165) is 37.4 Å². The van der Waals surface area contributed by atoms with E-state index < -0.39 is 0 Å². The smallest absolute Gasteiger partial charge is 0.264 e. The quantitative estimate of drug-likeness (QED) is 0.770. The van der Waals surface area contributed by atoms with E-state index >= 15 is 0 Å². The van der Waals surface area contributed by atoms with E-state index in [0.29, 0.717) is 23.1 Å². The summed E-state index contributed by atoms with van der Waals surface area (Å²) in [5, 5.41) is 3.37. The number of ether oxygens (including phenoxy) is 2. The monoisotopic (exact) mass is 384 g/mol. The van der Waals surface area contributed by atoms with Gasteiger partial charge in [-0.3, -0.25) is 4.79 Å². The molecule has 0 atom stereocenters. The molecule has 1 amide bonds. The Morgan fingerprint density at radius 3 is 2.26 bits per heavy atom. The van der Waals surface area contributed by atoms with Gasteiger partial charge in [0.15, 0.2) is 0 Å². The number of hydrogen-bond acceptors (Lipinski definition) is 4. The number of hydrogen-bond donors (Lipinski definition) is 1. The lowest BCUT2D eigenvalue weighted by molar-refractivity contribution is 0.102. The van der Waals surface area contributed by atoms with Crippen molar-refractivity contribution in [1.29, 1.82) is 0 Å². The minimum Gasteiger partial charge on any atom is -0.494 e. The van der Waals surface area contributed by atoms with Crippen LogP contribution in [0.25, 0.3) is 0 Å². The first-order chi connectivity index (χ1) is 13.2. The zero-order chi connectivity index (χ0) is 19.1. The highest BCUT2D eigenvalue weighted by molar-refractivity contribution is 7.80. The third-order valence-corrected chi connectivity index (χ3v) is 4.70. The van der Waals surface area contributed by atoms with Crippen LogP contribution < -0.4 is 14.8 Å². The van der Waals surface area contributed by atoms with Crippen molar-refractivity contribution in [3.05, 3.63) is 54.1 Å². The molecule has 1 aliphatic heterocycles. The van der Waals surface area contributed by atoms with Gasteiger partial charge in [0.25, 0.3) is 11.1 Å². The van der Waals surface area contributed by atoms with Gasteiger partial charge in [-0.1, -0.05) is 0 Å². The van der Waals surface area contributed by atoms with Gasteiger partial charge < -0.3 is 19.7 Å². The Labute approximate surface area is 165 Å². The minimum atomic E-state index is -0.177. The topological polar surface area (TPSA) is 50.8 Å². The van der Waals surface area contributed by atoms with Crippen LogP contribution in [0, 0.1) is 0 Å². The van der Waals surface area contributed by atoms with E-state index in [9.17, 15) is 4.79 Å². The van der Waals surface area contributed by atoms with Crippen LogP contribution in [0.15, 0.2) is 48.5 Å². The normalized spacial score (nSPS) is 13.7. The maximum Gasteiger partial charge on any atom is 0.264 e. The van der Waals surface area contributed by atoms with Crippen molar-refractivity contribution in [2.24, 2.45) is 0 Å². The highest BCUT2D eigenvalue weighted by Gasteiger charge is 2.15. The van der Waals surface area contributed by atoms with Crippen molar-refractivity contribution in [2.75, 3.05) is 25.0 Å². The molecule has 0 radical (unpaired) electrons. The summed E-state index contributed by atoms with van der Waals surface area (Å²) >= 11 is 5.37. The SMILES string of the molecule is CCOc1ccc(NC(=O)c2ccc(OC(=S)N3CCCCC3)cc2)cc1. The number of anilines is 1. The first-order valence-corrected chi connectivity index (χ1v) is 9.67. The van der Waals surface area contributed by atoms with Gasteiger partial charge >= 0.3 is 0 Å². The summed E-state index contributed by atoms with van der Waals surface area (Å²) in [4.78, 5) is 14.5. The fourth-order valence-electron chi connectivity index (χ4n) is 2.92. The molecule has 6 heteroatoms. The predicted octanol–water partition coefficient (Wildman–Crippen LogP) is 4.49. The van der Waals surface area contributed by atoms with Crippen LogP contribution in [-0.4, -0.2) is 35.7 Å². The second kappa shape index (κ2) is 9.37. The minimum absolute atomic E-state index is 0.177.